The minimum atomic E-state index is -0.334. The number of carbonyl (C=O) groups excluding carboxylic acids is 1. The number of amides is 1. The molecule has 6 nitrogen and oxygen atoms in total. The van der Waals surface area contributed by atoms with Gasteiger partial charge >= 0.3 is 0 Å². The van der Waals surface area contributed by atoms with Crippen LogP contribution in [-0.4, -0.2) is 33.7 Å². The van der Waals surface area contributed by atoms with E-state index in [0.29, 0.717) is 12.2 Å². The number of likely N-dealkylation sites (tertiary alicyclic amines) is 1. The Kier molecular flexibility index (Phi) is 5.81. The van der Waals surface area contributed by atoms with Crippen LogP contribution >= 0.6 is 0 Å². The molecule has 0 aliphatic carbocycles. The highest BCUT2D eigenvalue weighted by atomic mass is 16.2. The van der Waals surface area contributed by atoms with E-state index >= 15 is 0 Å². The quantitative estimate of drug-likeness (QED) is 0.704. The van der Waals surface area contributed by atoms with Crippen LogP contribution in [0.15, 0.2) is 71.5 Å². The van der Waals surface area contributed by atoms with Crippen LogP contribution in [0.3, 0.4) is 0 Å². The van der Waals surface area contributed by atoms with Crippen molar-refractivity contribution >= 4 is 11.6 Å². The zero-order chi connectivity index (χ0) is 20.1. The lowest BCUT2D eigenvalue weighted by molar-refractivity contribution is 0.102. The average Bonchev–Trinajstić information content (AvgIpc) is 3.25. The summed E-state index contributed by atoms with van der Waals surface area (Å²) in [4.78, 5) is 27.1. The third-order valence-corrected chi connectivity index (χ3v) is 5.09. The second-order valence-electron chi connectivity index (χ2n) is 7.33. The maximum Gasteiger partial charge on any atom is 0.276 e. The Morgan fingerprint density at radius 2 is 1.55 bits per heavy atom. The van der Waals surface area contributed by atoms with E-state index in [1.807, 2.05) is 54.6 Å². The Bertz CT molecular complexity index is 1020. The van der Waals surface area contributed by atoms with E-state index in [4.69, 9.17) is 0 Å². The molecule has 148 valence electrons. The summed E-state index contributed by atoms with van der Waals surface area (Å²) in [6.07, 6.45) is 2.54. The standard InChI is InChI=1S/C23H24N4O2/c28-22-13-12-21(25-27(22)17-18-6-2-1-3-7-18)23(29)24-20-10-8-19(9-11-20)16-26-14-4-5-15-26/h1-3,6-13H,4-5,14-17H2,(H,24,29). The van der Waals surface area contributed by atoms with Crippen molar-refractivity contribution in [1.82, 2.24) is 14.7 Å². The van der Waals surface area contributed by atoms with E-state index in [1.54, 1.807) is 0 Å². The van der Waals surface area contributed by atoms with Gasteiger partial charge in [-0.2, -0.15) is 5.10 Å². The van der Waals surface area contributed by atoms with Crippen molar-refractivity contribution in [3.8, 4) is 0 Å². The Hall–Kier alpha value is -3.25. The van der Waals surface area contributed by atoms with Gasteiger partial charge in [-0.1, -0.05) is 42.5 Å². The molecule has 1 fully saturated rings. The molecule has 1 aliphatic rings. The highest BCUT2D eigenvalue weighted by molar-refractivity contribution is 6.02. The van der Waals surface area contributed by atoms with Gasteiger partial charge in [0.2, 0.25) is 0 Å². The van der Waals surface area contributed by atoms with Gasteiger partial charge in [0.05, 0.1) is 6.54 Å². The minimum Gasteiger partial charge on any atom is -0.321 e. The number of benzene rings is 2. The van der Waals surface area contributed by atoms with Gasteiger partial charge in [-0.05, 0) is 55.3 Å². The summed E-state index contributed by atoms with van der Waals surface area (Å²) in [7, 11) is 0. The van der Waals surface area contributed by atoms with Gasteiger partial charge < -0.3 is 5.32 Å². The second-order valence-corrected chi connectivity index (χ2v) is 7.33. The van der Waals surface area contributed by atoms with Crippen LogP contribution in [0.5, 0.6) is 0 Å². The normalized spacial score (nSPS) is 14.1. The van der Waals surface area contributed by atoms with Crippen molar-refractivity contribution in [2.75, 3.05) is 18.4 Å². The van der Waals surface area contributed by atoms with Gasteiger partial charge in [0.1, 0.15) is 5.69 Å². The molecule has 1 saturated heterocycles. The SMILES string of the molecule is O=C(Nc1ccc(CN2CCCC2)cc1)c1ccc(=O)n(Cc2ccccc2)n1. The molecule has 2 aromatic carbocycles. The molecular weight excluding hydrogens is 364 g/mol. The topological polar surface area (TPSA) is 67.2 Å². The Morgan fingerprint density at radius 1 is 0.862 bits per heavy atom. The van der Waals surface area contributed by atoms with Gasteiger partial charge in [0.15, 0.2) is 0 Å². The van der Waals surface area contributed by atoms with Crippen molar-refractivity contribution in [2.24, 2.45) is 0 Å². The summed E-state index contributed by atoms with van der Waals surface area (Å²) < 4.78 is 1.31. The van der Waals surface area contributed by atoms with E-state index < -0.39 is 0 Å². The molecule has 0 atom stereocenters. The fourth-order valence-corrected chi connectivity index (χ4v) is 3.53. The molecule has 1 amide bonds. The average molecular weight is 388 g/mol. The molecule has 0 unspecified atom stereocenters. The molecule has 0 bridgehead atoms. The predicted octanol–water partition coefficient (Wildman–Crippen LogP) is 3.14. The second kappa shape index (κ2) is 8.84. The Labute approximate surface area is 169 Å². The van der Waals surface area contributed by atoms with E-state index in [0.717, 1.165) is 25.2 Å². The number of anilines is 1. The van der Waals surface area contributed by atoms with Gasteiger partial charge in [-0.15, -0.1) is 0 Å². The maximum atomic E-state index is 12.6. The molecule has 0 spiro atoms. The van der Waals surface area contributed by atoms with Gasteiger partial charge in [-0.3, -0.25) is 14.5 Å². The molecule has 2 heterocycles. The van der Waals surface area contributed by atoms with Crippen LogP contribution in [0, 0.1) is 0 Å². The number of nitrogens with one attached hydrogen (secondary N) is 1. The fourth-order valence-electron chi connectivity index (χ4n) is 3.53. The van der Waals surface area contributed by atoms with Crippen LogP contribution in [0.2, 0.25) is 0 Å². The van der Waals surface area contributed by atoms with Crippen LogP contribution in [0.1, 0.15) is 34.5 Å². The lowest BCUT2D eigenvalue weighted by atomic mass is 10.2. The van der Waals surface area contributed by atoms with Crippen LogP contribution in [-0.2, 0) is 13.1 Å². The van der Waals surface area contributed by atoms with Crippen LogP contribution in [0.25, 0.3) is 0 Å². The van der Waals surface area contributed by atoms with E-state index in [-0.39, 0.29) is 17.2 Å². The van der Waals surface area contributed by atoms with Gasteiger partial charge in [-0.25, -0.2) is 4.68 Å². The van der Waals surface area contributed by atoms with Crippen molar-refractivity contribution in [3.05, 3.63) is 93.9 Å². The highest BCUT2D eigenvalue weighted by Gasteiger charge is 2.13. The molecule has 4 rings (SSSR count). The third kappa shape index (κ3) is 4.97. The van der Waals surface area contributed by atoms with Gasteiger partial charge in [0.25, 0.3) is 11.5 Å². The number of carbonyl (C=O) groups is 1. The molecule has 0 saturated carbocycles. The van der Waals surface area contributed by atoms with Crippen molar-refractivity contribution in [3.63, 3.8) is 0 Å². The number of aromatic nitrogens is 2. The lowest BCUT2D eigenvalue weighted by Gasteiger charge is -2.14. The predicted molar refractivity (Wildman–Crippen MR) is 113 cm³/mol. The van der Waals surface area contributed by atoms with Crippen LogP contribution in [0.4, 0.5) is 5.69 Å². The summed E-state index contributed by atoms with van der Waals surface area (Å²) in [5.74, 6) is -0.334. The summed E-state index contributed by atoms with van der Waals surface area (Å²) in [5, 5.41) is 7.09. The zero-order valence-corrected chi connectivity index (χ0v) is 16.3. The monoisotopic (exact) mass is 388 g/mol. The van der Waals surface area contributed by atoms with Crippen molar-refractivity contribution < 1.29 is 4.79 Å². The number of hydrogen-bond acceptors (Lipinski definition) is 4. The molecular formula is C23H24N4O2. The maximum absolute atomic E-state index is 12.6. The number of rotatable bonds is 6. The first-order valence-electron chi connectivity index (χ1n) is 9.92. The third-order valence-electron chi connectivity index (χ3n) is 5.09. The first-order valence-corrected chi connectivity index (χ1v) is 9.92. The van der Waals surface area contributed by atoms with Crippen molar-refractivity contribution in [2.45, 2.75) is 25.9 Å². The molecule has 6 heteroatoms. The summed E-state index contributed by atoms with van der Waals surface area (Å²) in [6.45, 7) is 3.58. The molecule has 1 aliphatic heterocycles. The molecule has 0 radical (unpaired) electrons. The Balaban J connectivity index is 1.42. The highest BCUT2D eigenvalue weighted by Crippen LogP contribution is 2.15. The smallest absolute Gasteiger partial charge is 0.276 e. The minimum absolute atomic E-state index is 0.210. The molecule has 29 heavy (non-hydrogen) atoms. The molecule has 1 aromatic heterocycles. The summed E-state index contributed by atoms with van der Waals surface area (Å²) in [6, 6.07) is 20.3. The summed E-state index contributed by atoms with van der Waals surface area (Å²) >= 11 is 0. The van der Waals surface area contributed by atoms with E-state index in [1.165, 1.54) is 35.2 Å². The first-order chi connectivity index (χ1) is 14.2. The Morgan fingerprint density at radius 3 is 2.28 bits per heavy atom. The largest absolute Gasteiger partial charge is 0.321 e. The van der Waals surface area contributed by atoms with E-state index in [2.05, 4.69) is 15.3 Å². The van der Waals surface area contributed by atoms with Gasteiger partial charge in [0, 0.05) is 18.3 Å². The lowest BCUT2D eigenvalue weighted by Crippen LogP contribution is -2.26. The van der Waals surface area contributed by atoms with Crippen LogP contribution < -0.4 is 10.9 Å². The number of hydrogen-bond donors (Lipinski definition) is 1. The molecule has 1 N–H and O–H groups in total. The summed E-state index contributed by atoms with van der Waals surface area (Å²) in [5.41, 5.74) is 2.87. The molecule has 3 aromatic rings. The zero-order valence-electron chi connectivity index (χ0n) is 16.3. The fraction of sp³-hybridized carbons (Fsp3) is 0.261. The number of nitrogens with zero attached hydrogens (tertiary/aromatic N) is 3. The first kappa shape index (κ1) is 19.1. The van der Waals surface area contributed by atoms with E-state index in [9.17, 15) is 9.59 Å². The van der Waals surface area contributed by atoms with Crippen molar-refractivity contribution in [1.29, 1.82) is 0 Å².